The van der Waals surface area contributed by atoms with E-state index in [1.807, 2.05) is 60.7 Å². The lowest BCUT2D eigenvalue weighted by atomic mass is 9.85. The fourth-order valence-electron chi connectivity index (χ4n) is 3.50. The maximum atomic E-state index is 13.1. The number of benzene rings is 2. The van der Waals surface area contributed by atoms with Gasteiger partial charge >= 0.3 is 0 Å². The number of ketones is 2. The Morgan fingerprint density at radius 3 is 1.17 bits per heavy atom. The molecule has 0 heterocycles. The molecule has 2 nitrogen and oxygen atoms in total. The Labute approximate surface area is 174 Å². The van der Waals surface area contributed by atoms with E-state index in [0.717, 1.165) is 0 Å². The van der Waals surface area contributed by atoms with Gasteiger partial charge in [0.1, 0.15) is 0 Å². The van der Waals surface area contributed by atoms with E-state index in [1.165, 1.54) is 11.1 Å². The van der Waals surface area contributed by atoms with Crippen LogP contribution in [0.25, 0.3) is 0 Å². The Balaban J connectivity index is 1.82. The van der Waals surface area contributed by atoms with Crippen LogP contribution in [0.1, 0.15) is 79.8 Å². The molecule has 1 aliphatic carbocycles. The third-order valence-corrected chi connectivity index (χ3v) is 5.45. The van der Waals surface area contributed by atoms with Crippen molar-refractivity contribution in [2.24, 2.45) is 0 Å². The molecule has 0 spiro atoms. The van der Waals surface area contributed by atoms with Crippen LogP contribution in [0.15, 0.2) is 71.8 Å². The van der Waals surface area contributed by atoms with Gasteiger partial charge in [0.25, 0.3) is 0 Å². The molecule has 0 aromatic heterocycles. The van der Waals surface area contributed by atoms with Crippen LogP contribution in [0.3, 0.4) is 0 Å². The van der Waals surface area contributed by atoms with Gasteiger partial charge in [-0.15, -0.1) is 0 Å². The van der Waals surface area contributed by atoms with Crippen LogP contribution in [0.4, 0.5) is 0 Å². The minimum absolute atomic E-state index is 0.0362. The molecule has 0 saturated heterocycles. The van der Waals surface area contributed by atoms with E-state index < -0.39 is 0 Å². The van der Waals surface area contributed by atoms with Gasteiger partial charge in [-0.3, -0.25) is 9.59 Å². The van der Waals surface area contributed by atoms with Gasteiger partial charge in [0, 0.05) is 22.3 Å². The summed E-state index contributed by atoms with van der Waals surface area (Å²) in [4.78, 5) is 26.2. The summed E-state index contributed by atoms with van der Waals surface area (Å²) in [6.45, 7) is 12.9. The van der Waals surface area contributed by atoms with Crippen molar-refractivity contribution in [2.75, 3.05) is 0 Å². The fourth-order valence-corrected chi connectivity index (χ4v) is 3.50. The number of allylic oxidation sites excluding steroid dienone is 4. The molecule has 3 rings (SSSR count). The number of rotatable bonds is 4. The Morgan fingerprint density at radius 1 is 0.586 bits per heavy atom. The van der Waals surface area contributed by atoms with Crippen LogP contribution < -0.4 is 0 Å². The number of carbonyl (C=O) groups excluding carboxylic acids is 2. The molecule has 0 saturated carbocycles. The van der Waals surface area contributed by atoms with E-state index in [2.05, 4.69) is 41.5 Å². The van der Waals surface area contributed by atoms with Gasteiger partial charge in [0.15, 0.2) is 11.6 Å². The maximum absolute atomic E-state index is 13.1. The summed E-state index contributed by atoms with van der Waals surface area (Å²) in [5.41, 5.74) is 4.70. The first-order valence-corrected chi connectivity index (χ1v) is 10.2. The van der Waals surface area contributed by atoms with Crippen molar-refractivity contribution in [2.45, 2.75) is 58.8 Å². The van der Waals surface area contributed by atoms with Crippen molar-refractivity contribution in [1.29, 1.82) is 0 Å². The first-order chi connectivity index (χ1) is 13.5. The lowest BCUT2D eigenvalue weighted by molar-refractivity contribution is 0.0998. The van der Waals surface area contributed by atoms with E-state index in [0.29, 0.717) is 28.7 Å². The average Bonchev–Trinajstić information content (AvgIpc) is 3.15. The summed E-state index contributed by atoms with van der Waals surface area (Å²) in [6.07, 6.45) is 4.33. The Hall–Kier alpha value is -2.74. The lowest BCUT2D eigenvalue weighted by Gasteiger charge is -2.19. The van der Waals surface area contributed by atoms with E-state index in [-0.39, 0.29) is 22.4 Å². The summed E-state index contributed by atoms with van der Waals surface area (Å²) in [5.74, 6) is -0.178. The summed E-state index contributed by atoms with van der Waals surface area (Å²) in [5, 5.41) is 0. The minimum atomic E-state index is -0.0890. The van der Waals surface area contributed by atoms with Crippen LogP contribution in [0, 0.1) is 0 Å². The highest BCUT2D eigenvalue weighted by atomic mass is 16.1. The predicted octanol–water partition coefficient (Wildman–Crippen LogP) is 6.60. The molecule has 0 N–H and O–H groups in total. The molecular weight excluding hydrogens is 356 g/mol. The molecule has 0 amide bonds. The first-order valence-electron chi connectivity index (χ1n) is 10.2. The summed E-state index contributed by atoms with van der Waals surface area (Å²) < 4.78 is 0. The summed E-state index contributed by atoms with van der Waals surface area (Å²) in [7, 11) is 0. The number of carbonyl (C=O) groups is 2. The van der Waals surface area contributed by atoms with E-state index in [1.54, 1.807) is 0 Å². The molecular formula is C27H30O2. The first kappa shape index (κ1) is 21.0. The summed E-state index contributed by atoms with van der Waals surface area (Å²) in [6, 6.07) is 15.5. The monoisotopic (exact) mass is 386 g/mol. The predicted molar refractivity (Wildman–Crippen MR) is 120 cm³/mol. The van der Waals surface area contributed by atoms with Crippen molar-refractivity contribution >= 4 is 11.6 Å². The molecule has 150 valence electrons. The second kappa shape index (κ2) is 7.59. The standard InChI is InChI=1S/C27H30O2/c1-26(2,3)20-14-10-18(11-15-20)24(28)22-8-7-9-23(22)25(29)19-12-16-21(17-13-19)27(4,5)6/h8-17H,7H2,1-6H3. The fraction of sp³-hybridized carbons (Fsp3) is 0.333. The van der Waals surface area contributed by atoms with Crippen molar-refractivity contribution < 1.29 is 9.59 Å². The molecule has 2 heteroatoms. The largest absolute Gasteiger partial charge is 0.289 e. The van der Waals surface area contributed by atoms with Crippen LogP contribution >= 0.6 is 0 Å². The lowest BCUT2D eigenvalue weighted by Crippen LogP contribution is -2.14. The van der Waals surface area contributed by atoms with Crippen LogP contribution in [-0.2, 0) is 10.8 Å². The quantitative estimate of drug-likeness (QED) is 0.555. The smallest absolute Gasteiger partial charge is 0.193 e. The highest BCUT2D eigenvalue weighted by Gasteiger charge is 2.26. The number of hydrogen-bond donors (Lipinski definition) is 0. The van der Waals surface area contributed by atoms with E-state index in [4.69, 9.17) is 0 Å². The highest BCUT2D eigenvalue weighted by Crippen LogP contribution is 2.29. The molecule has 0 bridgehead atoms. The molecule has 2 aromatic carbocycles. The molecule has 29 heavy (non-hydrogen) atoms. The van der Waals surface area contributed by atoms with E-state index >= 15 is 0 Å². The average molecular weight is 387 g/mol. The minimum Gasteiger partial charge on any atom is -0.289 e. The van der Waals surface area contributed by atoms with Gasteiger partial charge in [0.05, 0.1) is 0 Å². The second-order valence-corrected chi connectivity index (χ2v) is 9.78. The molecule has 1 aliphatic rings. The maximum Gasteiger partial charge on any atom is 0.193 e. The van der Waals surface area contributed by atoms with Gasteiger partial charge < -0.3 is 0 Å². The third kappa shape index (κ3) is 4.48. The normalized spacial score (nSPS) is 14.4. The topological polar surface area (TPSA) is 34.1 Å². The van der Waals surface area contributed by atoms with Crippen LogP contribution in [0.2, 0.25) is 0 Å². The molecule has 0 atom stereocenters. The second-order valence-electron chi connectivity index (χ2n) is 9.78. The van der Waals surface area contributed by atoms with Crippen molar-refractivity contribution in [3.63, 3.8) is 0 Å². The highest BCUT2D eigenvalue weighted by molar-refractivity contribution is 6.23. The van der Waals surface area contributed by atoms with Crippen molar-refractivity contribution in [3.05, 3.63) is 94.1 Å². The van der Waals surface area contributed by atoms with Crippen molar-refractivity contribution in [3.8, 4) is 0 Å². The number of hydrogen-bond acceptors (Lipinski definition) is 2. The zero-order chi connectivity index (χ0) is 21.4. The molecule has 0 aliphatic heterocycles. The third-order valence-electron chi connectivity index (χ3n) is 5.45. The van der Waals surface area contributed by atoms with Crippen molar-refractivity contribution in [1.82, 2.24) is 0 Å². The van der Waals surface area contributed by atoms with Gasteiger partial charge in [-0.2, -0.15) is 0 Å². The van der Waals surface area contributed by atoms with E-state index in [9.17, 15) is 9.59 Å². The zero-order valence-electron chi connectivity index (χ0n) is 18.3. The molecule has 0 fully saturated rings. The summed E-state index contributed by atoms with van der Waals surface area (Å²) >= 11 is 0. The van der Waals surface area contributed by atoms with Gasteiger partial charge in [-0.05, 0) is 28.4 Å². The molecule has 0 radical (unpaired) electrons. The Kier molecular flexibility index (Phi) is 5.49. The van der Waals surface area contributed by atoms with Gasteiger partial charge in [-0.25, -0.2) is 0 Å². The van der Waals surface area contributed by atoms with Gasteiger partial charge in [-0.1, -0.05) is 102 Å². The number of Topliss-reactive ketones (excluding diaryl/α,β-unsaturated/α-hetero) is 2. The van der Waals surface area contributed by atoms with Crippen LogP contribution in [-0.4, -0.2) is 11.6 Å². The molecule has 2 aromatic rings. The Morgan fingerprint density at radius 2 is 0.897 bits per heavy atom. The molecule has 0 unspecified atom stereocenters. The van der Waals surface area contributed by atoms with Crippen LogP contribution in [0.5, 0.6) is 0 Å². The Bertz CT molecular complexity index is 903. The SMILES string of the molecule is CC(C)(C)c1ccc(C(=O)C2=CCC=C2C(=O)c2ccc(C(C)(C)C)cc2)cc1. The van der Waals surface area contributed by atoms with Gasteiger partial charge in [0.2, 0.25) is 0 Å². The zero-order valence-corrected chi connectivity index (χ0v) is 18.3.